The smallest absolute Gasteiger partial charge is 0.328 e. The molecule has 0 saturated carbocycles. The average molecular weight is 243 g/mol. The van der Waals surface area contributed by atoms with Gasteiger partial charge in [0, 0.05) is 6.92 Å². The Kier molecular flexibility index (Phi) is 3.82. The molecule has 94 valence electrons. The van der Waals surface area contributed by atoms with Gasteiger partial charge in [-0.2, -0.15) is 0 Å². The molecule has 17 heavy (non-hydrogen) atoms. The van der Waals surface area contributed by atoms with Gasteiger partial charge < -0.3 is 9.47 Å². The summed E-state index contributed by atoms with van der Waals surface area (Å²) in [7, 11) is 1.16. The van der Waals surface area contributed by atoms with Crippen LogP contribution >= 0.6 is 0 Å². The number of esters is 2. The Labute approximate surface area is 97.7 Å². The lowest BCUT2D eigenvalue weighted by Gasteiger charge is -2.20. The predicted octanol–water partition coefficient (Wildman–Crippen LogP) is -0.762. The number of nitrogens with zero attached hydrogens (tertiary/aromatic N) is 1. The largest absolute Gasteiger partial charge is 0.467 e. The van der Waals surface area contributed by atoms with Crippen LogP contribution in [0.3, 0.4) is 0 Å². The minimum atomic E-state index is -1.13. The third-order valence-electron chi connectivity index (χ3n) is 2.38. The molecule has 1 saturated heterocycles. The molecule has 7 nitrogen and oxygen atoms in total. The van der Waals surface area contributed by atoms with Gasteiger partial charge in [0.15, 0.2) is 6.10 Å². The second-order valence-electron chi connectivity index (χ2n) is 3.60. The third kappa shape index (κ3) is 2.61. The van der Waals surface area contributed by atoms with Crippen LogP contribution in [0.5, 0.6) is 0 Å². The average Bonchev–Trinajstić information content (AvgIpc) is 2.51. The molecular formula is C10H13NO6. The highest BCUT2D eigenvalue weighted by Crippen LogP contribution is 2.19. The molecule has 1 fully saturated rings. The van der Waals surface area contributed by atoms with E-state index in [-0.39, 0.29) is 6.42 Å². The Bertz CT molecular complexity index is 377. The minimum Gasteiger partial charge on any atom is -0.467 e. The monoisotopic (exact) mass is 243 g/mol. The van der Waals surface area contributed by atoms with Crippen molar-refractivity contribution in [1.82, 2.24) is 4.90 Å². The molecule has 1 aliphatic rings. The van der Waals surface area contributed by atoms with Gasteiger partial charge in [-0.15, -0.1) is 0 Å². The van der Waals surface area contributed by atoms with Gasteiger partial charge in [0.1, 0.15) is 6.04 Å². The molecule has 0 spiro atoms. The first-order valence-corrected chi connectivity index (χ1v) is 4.99. The fourth-order valence-electron chi connectivity index (χ4n) is 1.60. The highest BCUT2D eigenvalue weighted by Gasteiger charge is 2.45. The lowest BCUT2D eigenvalue weighted by atomic mass is 10.3. The topological polar surface area (TPSA) is 90.0 Å². The van der Waals surface area contributed by atoms with Crippen molar-refractivity contribution in [2.75, 3.05) is 7.11 Å². The first-order valence-electron chi connectivity index (χ1n) is 4.99. The lowest BCUT2D eigenvalue weighted by Crippen LogP contribution is -2.44. The summed E-state index contributed by atoms with van der Waals surface area (Å²) in [6.07, 6.45) is -1.37. The Balaban J connectivity index is 2.82. The number of amides is 2. The summed E-state index contributed by atoms with van der Waals surface area (Å²) >= 11 is 0. The fraction of sp³-hybridized carbons (Fsp3) is 0.600. The third-order valence-corrected chi connectivity index (χ3v) is 2.38. The first kappa shape index (κ1) is 13.1. The number of imide groups is 1. The summed E-state index contributed by atoms with van der Waals surface area (Å²) in [5.41, 5.74) is 0. The van der Waals surface area contributed by atoms with Crippen LogP contribution in [-0.4, -0.2) is 47.9 Å². The van der Waals surface area contributed by atoms with Crippen molar-refractivity contribution in [3.05, 3.63) is 0 Å². The molecule has 1 rings (SSSR count). The van der Waals surface area contributed by atoms with E-state index in [1.807, 2.05) is 0 Å². The molecule has 0 aromatic heterocycles. The van der Waals surface area contributed by atoms with Crippen molar-refractivity contribution in [3.63, 3.8) is 0 Å². The van der Waals surface area contributed by atoms with E-state index in [9.17, 15) is 19.2 Å². The van der Waals surface area contributed by atoms with Crippen molar-refractivity contribution in [1.29, 1.82) is 0 Å². The van der Waals surface area contributed by atoms with Gasteiger partial charge in [0.2, 0.25) is 5.91 Å². The van der Waals surface area contributed by atoms with Crippen molar-refractivity contribution >= 4 is 23.8 Å². The predicted molar refractivity (Wildman–Crippen MR) is 53.5 cm³/mol. The van der Waals surface area contributed by atoms with Gasteiger partial charge in [-0.05, 0) is 6.92 Å². The molecule has 0 N–H and O–H groups in total. The summed E-state index contributed by atoms with van der Waals surface area (Å²) in [4.78, 5) is 46.0. The second-order valence-corrected chi connectivity index (χ2v) is 3.60. The van der Waals surface area contributed by atoms with E-state index in [1.54, 1.807) is 0 Å². The number of hydrogen-bond donors (Lipinski definition) is 0. The number of carbonyl (C=O) groups is 4. The summed E-state index contributed by atoms with van der Waals surface area (Å²) in [6.45, 7) is 2.52. The van der Waals surface area contributed by atoms with Gasteiger partial charge in [-0.3, -0.25) is 19.3 Å². The second kappa shape index (κ2) is 4.94. The summed E-state index contributed by atoms with van der Waals surface area (Å²) in [5, 5.41) is 0. The van der Waals surface area contributed by atoms with Gasteiger partial charge >= 0.3 is 11.9 Å². The molecular weight excluding hydrogens is 230 g/mol. The maximum atomic E-state index is 11.7. The molecule has 0 aliphatic carbocycles. The fourth-order valence-corrected chi connectivity index (χ4v) is 1.60. The van der Waals surface area contributed by atoms with Crippen molar-refractivity contribution in [2.24, 2.45) is 0 Å². The van der Waals surface area contributed by atoms with Crippen LogP contribution < -0.4 is 0 Å². The highest BCUT2D eigenvalue weighted by molar-refractivity contribution is 6.08. The van der Waals surface area contributed by atoms with Crippen molar-refractivity contribution in [3.8, 4) is 0 Å². The highest BCUT2D eigenvalue weighted by atomic mass is 16.5. The zero-order chi connectivity index (χ0) is 13.2. The maximum Gasteiger partial charge on any atom is 0.328 e. The van der Waals surface area contributed by atoms with E-state index in [2.05, 4.69) is 9.47 Å². The van der Waals surface area contributed by atoms with Crippen LogP contribution in [0.1, 0.15) is 20.3 Å². The Morgan fingerprint density at radius 1 is 1.41 bits per heavy atom. The quantitative estimate of drug-likeness (QED) is 0.478. The van der Waals surface area contributed by atoms with Gasteiger partial charge in [0.05, 0.1) is 13.5 Å². The van der Waals surface area contributed by atoms with Crippen LogP contribution in [0, 0.1) is 0 Å². The Morgan fingerprint density at radius 2 is 2.00 bits per heavy atom. The zero-order valence-corrected chi connectivity index (χ0v) is 9.76. The number of carbonyl (C=O) groups excluding carboxylic acids is 4. The molecule has 0 radical (unpaired) electrons. The first-order chi connectivity index (χ1) is 7.88. The molecule has 1 heterocycles. The SMILES string of the molecule is COC(=O)[C@H](C)N1C(=O)CC(OC(C)=O)C1=O. The molecule has 7 heteroatoms. The van der Waals surface area contributed by atoms with Crippen LogP contribution in [0.15, 0.2) is 0 Å². The lowest BCUT2D eigenvalue weighted by molar-refractivity contribution is -0.159. The van der Waals surface area contributed by atoms with E-state index < -0.39 is 35.9 Å². The van der Waals surface area contributed by atoms with Crippen LogP contribution in [0.25, 0.3) is 0 Å². The Hall–Kier alpha value is -1.92. The molecule has 2 amide bonds. The molecule has 0 aromatic carbocycles. The minimum absolute atomic E-state index is 0.236. The number of hydrogen-bond acceptors (Lipinski definition) is 6. The van der Waals surface area contributed by atoms with E-state index >= 15 is 0 Å². The van der Waals surface area contributed by atoms with E-state index in [0.717, 1.165) is 18.9 Å². The molecule has 0 bridgehead atoms. The van der Waals surface area contributed by atoms with Gasteiger partial charge in [-0.25, -0.2) is 4.79 Å². The van der Waals surface area contributed by atoms with Crippen LogP contribution in [0.2, 0.25) is 0 Å². The molecule has 2 atom stereocenters. The maximum absolute atomic E-state index is 11.7. The number of methoxy groups -OCH3 is 1. The van der Waals surface area contributed by atoms with E-state index in [1.165, 1.54) is 6.92 Å². The summed E-state index contributed by atoms with van der Waals surface area (Å²) in [6, 6.07) is -1.01. The van der Waals surface area contributed by atoms with Crippen molar-refractivity contribution < 1.29 is 28.7 Å². The number of likely N-dealkylation sites (tertiary alicyclic amines) is 1. The Morgan fingerprint density at radius 3 is 2.47 bits per heavy atom. The normalized spacial score (nSPS) is 21.4. The molecule has 1 aliphatic heterocycles. The number of ether oxygens (including phenoxy) is 2. The van der Waals surface area contributed by atoms with Crippen LogP contribution in [0.4, 0.5) is 0 Å². The van der Waals surface area contributed by atoms with Crippen molar-refractivity contribution in [2.45, 2.75) is 32.4 Å². The van der Waals surface area contributed by atoms with Gasteiger partial charge in [0.25, 0.3) is 5.91 Å². The van der Waals surface area contributed by atoms with E-state index in [0.29, 0.717) is 0 Å². The zero-order valence-electron chi connectivity index (χ0n) is 9.76. The molecule has 0 aromatic rings. The van der Waals surface area contributed by atoms with Crippen LogP contribution in [-0.2, 0) is 28.7 Å². The summed E-state index contributed by atoms with van der Waals surface area (Å²) < 4.78 is 9.13. The van der Waals surface area contributed by atoms with Gasteiger partial charge in [-0.1, -0.05) is 0 Å². The number of rotatable bonds is 3. The van der Waals surface area contributed by atoms with E-state index in [4.69, 9.17) is 0 Å². The standard InChI is InChI=1S/C10H13NO6/c1-5(10(15)16-3)11-8(13)4-7(9(11)14)17-6(2)12/h5,7H,4H2,1-3H3/t5-,7?/m0/s1. The molecule has 1 unspecified atom stereocenters. The summed E-state index contributed by atoms with van der Waals surface area (Å²) in [5.74, 6) is -2.60.